The summed E-state index contributed by atoms with van der Waals surface area (Å²) >= 11 is 0. The van der Waals surface area contributed by atoms with Crippen LogP contribution >= 0.6 is 0 Å². The molecule has 6 heteroatoms. The molecule has 5 rings (SSSR count). The van der Waals surface area contributed by atoms with Gasteiger partial charge in [-0.15, -0.1) is 0 Å². The van der Waals surface area contributed by atoms with Crippen LogP contribution in [0.15, 0.2) is 88.1 Å². The van der Waals surface area contributed by atoms with Gasteiger partial charge in [0, 0.05) is 34.2 Å². The van der Waals surface area contributed by atoms with Crippen LogP contribution in [0.3, 0.4) is 0 Å². The fourth-order valence-electron chi connectivity index (χ4n) is 4.63. The lowest BCUT2D eigenvalue weighted by atomic mass is 9.96. The van der Waals surface area contributed by atoms with Crippen LogP contribution in [0.2, 0.25) is 0 Å². The van der Waals surface area contributed by atoms with Crippen molar-refractivity contribution in [2.45, 2.75) is 33.4 Å². The van der Waals surface area contributed by atoms with Crippen LogP contribution in [0, 0.1) is 6.92 Å². The van der Waals surface area contributed by atoms with Crippen molar-refractivity contribution in [3.63, 3.8) is 0 Å². The number of nitrogens with two attached hydrogens (primary N) is 1. The molecule has 0 spiro atoms. The number of benzene rings is 3. The molecule has 188 valence electrons. The number of esters is 1. The predicted octanol–water partition coefficient (Wildman–Crippen LogP) is 6.81. The SMILES string of the molecule is CCOC(=O)Cc1ccccc1OCc1cc(-c2cccc(CN)c2)c2oc(C)c(-c3ccoc3)c2c1. The first-order valence-electron chi connectivity index (χ1n) is 12.3. The van der Waals surface area contributed by atoms with Gasteiger partial charge in [-0.25, -0.2) is 0 Å². The molecule has 6 nitrogen and oxygen atoms in total. The fraction of sp³-hybridized carbons (Fsp3) is 0.194. The van der Waals surface area contributed by atoms with E-state index in [2.05, 4.69) is 24.3 Å². The fourth-order valence-corrected chi connectivity index (χ4v) is 4.63. The summed E-state index contributed by atoms with van der Waals surface area (Å²) in [6, 6.07) is 21.8. The van der Waals surface area contributed by atoms with Crippen LogP contribution in [0.4, 0.5) is 0 Å². The van der Waals surface area contributed by atoms with Gasteiger partial charge in [0.1, 0.15) is 23.7 Å². The normalized spacial score (nSPS) is 11.1. The lowest BCUT2D eigenvalue weighted by Gasteiger charge is -2.13. The molecular weight excluding hydrogens is 466 g/mol. The van der Waals surface area contributed by atoms with Crippen molar-refractivity contribution in [1.82, 2.24) is 0 Å². The number of para-hydroxylation sites is 1. The Bertz CT molecular complexity index is 1530. The number of carbonyl (C=O) groups is 1. The first-order valence-corrected chi connectivity index (χ1v) is 12.3. The molecule has 0 atom stereocenters. The minimum absolute atomic E-state index is 0.158. The van der Waals surface area contributed by atoms with E-state index in [4.69, 9.17) is 24.0 Å². The molecule has 0 aliphatic carbocycles. The Labute approximate surface area is 215 Å². The van der Waals surface area contributed by atoms with Crippen LogP contribution in [0.5, 0.6) is 5.75 Å². The summed E-state index contributed by atoms with van der Waals surface area (Å²) in [6.45, 7) is 4.87. The maximum Gasteiger partial charge on any atom is 0.310 e. The Hall–Kier alpha value is -4.29. The molecule has 0 aliphatic heterocycles. The van der Waals surface area contributed by atoms with E-state index in [1.54, 1.807) is 19.5 Å². The van der Waals surface area contributed by atoms with Gasteiger partial charge in [-0.05, 0) is 60.9 Å². The van der Waals surface area contributed by atoms with Crippen molar-refractivity contribution < 1.29 is 23.1 Å². The number of rotatable bonds is 9. The molecule has 2 N–H and O–H groups in total. The smallest absolute Gasteiger partial charge is 0.310 e. The van der Waals surface area contributed by atoms with E-state index < -0.39 is 0 Å². The van der Waals surface area contributed by atoms with Crippen molar-refractivity contribution in [2.75, 3.05) is 6.61 Å². The predicted molar refractivity (Wildman–Crippen MR) is 143 cm³/mol. The molecule has 0 amide bonds. The monoisotopic (exact) mass is 495 g/mol. The largest absolute Gasteiger partial charge is 0.489 e. The summed E-state index contributed by atoms with van der Waals surface area (Å²) in [5.74, 6) is 1.19. The van der Waals surface area contributed by atoms with Crippen molar-refractivity contribution in [2.24, 2.45) is 5.73 Å². The maximum absolute atomic E-state index is 12.1. The van der Waals surface area contributed by atoms with E-state index in [1.807, 2.05) is 49.4 Å². The second-order valence-corrected chi connectivity index (χ2v) is 8.85. The Morgan fingerprint density at radius 3 is 2.62 bits per heavy atom. The van der Waals surface area contributed by atoms with Crippen LogP contribution in [0.25, 0.3) is 33.2 Å². The third-order valence-electron chi connectivity index (χ3n) is 6.32. The van der Waals surface area contributed by atoms with E-state index in [-0.39, 0.29) is 12.4 Å². The lowest BCUT2D eigenvalue weighted by molar-refractivity contribution is -0.142. The first-order chi connectivity index (χ1) is 18.1. The first kappa shape index (κ1) is 24.4. The standard InChI is InChI=1S/C31H29NO5/c1-3-35-29(33)16-24-8-4-5-10-28(24)36-18-22-14-26(23-9-6-7-21(13-23)17-32)31-27(15-22)30(20(2)37-31)25-11-12-34-19-25/h4-15,19H,3,16-18,32H2,1-2H3. The Morgan fingerprint density at radius 2 is 1.84 bits per heavy atom. The summed E-state index contributed by atoms with van der Waals surface area (Å²) in [4.78, 5) is 12.1. The summed E-state index contributed by atoms with van der Waals surface area (Å²) in [5, 5.41) is 0.980. The van der Waals surface area contributed by atoms with Crippen molar-refractivity contribution in [3.8, 4) is 28.0 Å². The molecule has 0 fully saturated rings. The minimum Gasteiger partial charge on any atom is -0.489 e. The Balaban J connectivity index is 1.56. The third kappa shape index (κ3) is 5.15. The van der Waals surface area contributed by atoms with E-state index in [1.165, 1.54) is 0 Å². The molecule has 37 heavy (non-hydrogen) atoms. The summed E-state index contributed by atoms with van der Waals surface area (Å²) in [7, 11) is 0. The molecular formula is C31H29NO5. The van der Waals surface area contributed by atoms with E-state index in [0.717, 1.165) is 55.7 Å². The minimum atomic E-state index is -0.277. The molecule has 5 aromatic rings. The number of carbonyl (C=O) groups excluding carboxylic acids is 1. The van der Waals surface area contributed by atoms with Gasteiger partial charge in [-0.2, -0.15) is 0 Å². The highest BCUT2D eigenvalue weighted by Gasteiger charge is 2.19. The average molecular weight is 496 g/mol. The van der Waals surface area contributed by atoms with Crippen LogP contribution in [0.1, 0.15) is 29.4 Å². The average Bonchev–Trinajstić information content (AvgIpc) is 3.55. The molecule has 3 aromatic carbocycles. The summed E-state index contributed by atoms with van der Waals surface area (Å²) in [6.07, 6.45) is 3.54. The highest BCUT2D eigenvalue weighted by atomic mass is 16.5. The zero-order chi connectivity index (χ0) is 25.8. The molecule has 0 saturated heterocycles. The number of hydrogen-bond acceptors (Lipinski definition) is 6. The molecule has 2 aromatic heterocycles. The van der Waals surface area contributed by atoms with Crippen LogP contribution in [-0.2, 0) is 29.1 Å². The van der Waals surface area contributed by atoms with Gasteiger partial charge in [-0.1, -0.05) is 36.4 Å². The number of hydrogen-bond donors (Lipinski definition) is 1. The molecule has 0 saturated carbocycles. The Kier molecular flexibility index (Phi) is 7.10. The van der Waals surface area contributed by atoms with Gasteiger partial charge in [0.2, 0.25) is 0 Å². The van der Waals surface area contributed by atoms with Crippen molar-refractivity contribution >= 4 is 16.9 Å². The zero-order valence-corrected chi connectivity index (χ0v) is 21.0. The summed E-state index contributed by atoms with van der Waals surface area (Å²) in [5.41, 5.74) is 13.4. The van der Waals surface area contributed by atoms with E-state index in [9.17, 15) is 4.79 Å². The highest BCUT2D eigenvalue weighted by molar-refractivity contribution is 6.03. The van der Waals surface area contributed by atoms with Crippen molar-refractivity contribution in [3.05, 3.63) is 102 Å². The molecule has 0 bridgehead atoms. The molecule has 0 radical (unpaired) electrons. The van der Waals surface area contributed by atoms with E-state index in [0.29, 0.717) is 25.5 Å². The van der Waals surface area contributed by atoms with Crippen LogP contribution < -0.4 is 10.5 Å². The lowest BCUT2D eigenvalue weighted by Crippen LogP contribution is -2.09. The topological polar surface area (TPSA) is 87.8 Å². The number of furan rings is 2. The molecule has 0 unspecified atom stereocenters. The van der Waals surface area contributed by atoms with Gasteiger partial charge >= 0.3 is 5.97 Å². The second kappa shape index (κ2) is 10.8. The third-order valence-corrected chi connectivity index (χ3v) is 6.32. The van der Waals surface area contributed by atoms with Gasteiger partial charge in [0.05, 0.1) is 25.6 Å². The van der Waals surface area contributed by atoms with Crippen molar-refractivity contribution in [1.29, 1.82) is 0 Å². The number of ether oxygens (including phenoxy) is 2. The maximum atomic E-state index is 12.1. The van der Waals surface area contributed by atoms with Gasteiger partial charge in [0.25, 0.3) is 0 Å². The zero-order valence-electron chi connectivity index (χ0n) is 21.0. The Morgan fingerprint density at radius 1 is 0.973 bits per heavy atom. The quantitative estimate of drug-likeness (QED) is 0.226. The van der Waals surface area contributed by atoms with E-state index >= 15 is 0 Å². The molecule has 0 aliphatic rings. The molecule has 2 heterocycles. The van der Waals surface area contributed by atoms with Gasteiger partial charge < -0.3 is 24.0 Å². The highest BCUT2D eigenvalue weighted by Crippen LogP contribution is 2.40. The van der Waals surface area contributed by atoms with Crippen LogP contribution in [-0.4, -0.2) is 12.6 Å². The van der Waals surface area contributed by atoms with Gasteiger partial charge in [0.15, 0.2) is 0 Å². The van der Waals surface area contributed by atoms with Gasteiger partial charge in [-0.3, -0.25) is 4.79 Å². The number of aryl methyl sites for hydroxylation is 1. The number of fused-ring (bicyclic) bond motifs is 1. The summed E-state index contributed by atoms with van der Waals surface area (Å²) < 4.78 is 23.1. The second-order valence-electron chi connectivity index (χ2n) is 8.85.